The maximum absolute atomic E-state index is 4.81. The fourth-order valence-electron chi connectivity index (χ4n) is 3.13. The van der Waals surface area contributed by atoms with Crippen LogP contribution in [0.1, 0.15) is 57.2 Å². The first-order valence-corrected chi connectivity index (χ1v) is 8.11. The number of piperidine rings is 1. The Bertz CT molecular complexity index is 448. The highest BCUT2D eigenvalue weighted by Gasteiger charge is 2.28. The van der Waals surface area contributed by atoms with Crippen LogP contribution in [-0.4, -0.2) is 30.1 Å². The maximum atomic E-state index is 4.81. The Morgan fingerprint density at radius 1 is 1.20 bits per heavy atom. The summed E-state index contributed by atoms with van der Waals surface area (Å²) in [4.78, 5) is 11.9. The average molecular weight is 274 g/mol. The quantitative estimate of drug-likeness (QED) is 0.893. The summed E-state index contributed by atoms with van der Waals surface area (Å²) in [5, 5.41) is 3.18. The van der Waals surface area contributed by atoms with Gasteiger partial charge in [-0.15, -0.1) is 0 Å². The van der Waals surface area contributed by atoms with E-state index in [2.05, 4.69) is 28.2 Å². The van der Waals surface area contributed by atoms with Gasteiger partial charge in [-0.2, -0.15) is 0 Å². The molecular formula is C16H26N4. The van der Waals surface area contributed by atoms with Gasteiger partial charge in [0.15, 0.2) is 0 Å². The molecule has 1 N–H and O–H groups in total. The molecule has 4 nitrogen and oxygen atoms in total. The van der Waals surface area contributed by atoms with Gasteiger partial charge in [-0.3, -0.25) is 0 Å². The lowest BCUT2D eigenvalue weighted by Gasteiger charge is -2.33. The smallest absolute Gasteiger partial charge is 0.136 e. The molecule has 1 aromatic heterocycles. The van der Waals surface area contributed by atoms with Crippen molar-refractivity contribution in [2.24, 2.45) is 5.92 Å². The van der Waals surface area contributed by atoms with E-state index in [1.54, 1.807) is 0 Å². The van der Waals surface area contributed by atoms with Gasteiger partial charge in [0.2, 0.25) is 0 Å². The van der Waals surface area contributed by atoms with Crippen LogP contribution in [0.15, 0.2) is 6.07 Å². The van der Waals surface area contributed by atoms with Gasteiger partial charge < -0.3 is 10.2 Å². The van der Waals surface area contributed by atoms with Crippen LogP contribution in [0.25, 0.3) is 0 Å². The zero-order valence-electron chi connectivity index (χ0n) is 12.7. The van der Waals surface area contributed by atoms with E-state index in [1.807, 2.05) is 7.05 Å². The van der Waals surface area contributed by atoms with E-state index < -0.39 is 0 Å². The third-order valence-electron chi connectivity index (χ3n) is 4.56. The van der Waals surface area contributed by atoms with Crippen molar-refractivity contribution in [3.8, 4) is 0 Å². The second kappa shape index (κ2) is 5.98. The van der Waals surface area contributed by atoms with Gasteiger partial charge in [0.05, 0.1) is 0 Å². The molecule has 1 aliphatic carbocycles. The summed E-state index contributed by atoms with van der Waals surface area (Å²) in [6.45, 7) is 4.59. The van der Waals surface area contributed by atoms with Crippen molar-refractivity contribution < 1.29 is 0 Å². The summed E-state index contributed by atoms with van der Waals surface area (Å²) < 4.78 is 0. The van der Waals surface area contributed by atoms with Crippen LogP contribution in [-0.2, 0) is 0 Å². The molecule has 2 fully saturated rings. The Morgan fingerprint density at radius 2 is 1.95 bits per heavy atom. The van der Waals surface area contributed by atoms with Gasteiger partial charge in [-0.05, 0) is 31.6 Å². The minimum Gasteiger partial charge on any atom is -0.373 e. The third-order valence-corrected chi connectivity index (χ3v) is 4.56. The molecule has 20 heavy (non-hydrogen) atoms. The Hall–Kier alpha value is -1.32. The lowest BCUT2D eigenvalue weighted by molar-refractivity contribution is 0.377. The minimum absolute atomic E-state index is 0.611. The van der Waals surface area contributed by atoms with Crippen molar-refractivity contribution in [3.05, 3.63) is 11.9 Å². The number of hydrogen-bond acceptors (Lipinski definition) is 4. The molecule has 2 aliphatic rings. The molecular weight excluding hydrogens is 248 g/mol. The molecule has 1 saturated carbocycles. The van der Waals surface area contributed by atoms with Crippen molar-refractivity contribution in [3.63, 3.8) is 0 Å². The fraction of sp³-hybridized carbons (Fsp3) is 0.750. The molecule has 3 rings (SSSR count). The van der Waals surface area contributed by atoms with Gasteiger partial charge in [-0.1, -0.05) is 19.8 Å². The highest BCUT2D eigenvalue weighted by atomic mass is 15.2. The van der Waals surface area contributed by atoms with Crippen LogP contribution in [0.2, 0.25) is 0 Å². The number of hydrogen-bond donors (Lipinski definition) is 1. The summed E-state index contributed by atoms with van der Waals surface area (Å²) >= 11 is 0. The van der Waals surface area contributed by atoms with Crippen LogP contribution in [0.4, 0.5) is 11.6 Å². The van der Waals surface area contributed by atoms with E-state index in [9.17, 15) is 0 Å². The van der Waals surface area contributed by atoms with Crippen molar-refractivity contribution in [1.82, 2.24) is 9.97 Å². The number of aromatic nitrogens is 2. The summed E-state index contributed by atoms with van der Waals surface area (Å²) in [7, 11) is 1.94. The third kappa shape index (κ3) is 3.05. The molecule has 110 valence electrons. The molecule has 0 amide bonds. The number of rotatable bonds is 5. The highest BCUT2D eigenvalue weighted by molar-refractivity contribution is 5.50. The predicted molar refractivity (Wildman–Crippen MR) is 83.4 cm³/mol. The lowest BCUT2D eigenvalue weighted by Crippen LogP contribution is -2.34. The van der Waals surface area contributed by atoms with Crippen LogP contribution >= 0.6 is 0 Å². The predicted octanol–water partition coefficient (Wildman–Crippen LogP) is 3.41. The Morgan fingerprint density at radius 3 is 2.55 bits per heavy atom. The maximum Gasteiger partial charge on any atom is 0.136 e. The summed E-state index contributed by atoms with van der Waals surface area (Å²) in [6.07, 6.45) is 7.83. The van der Waals surface area contributed by atoms with E-state index in [1.165, 1.54) is 38.5 Å². The van der Waals surface area contributed by atoms with Crippen molar-refractivity contribution >= 4 is 11.6 Å². The van der Waals surface area contributed by atoms with E-state index in [4.69, 9.17) is 4.98 Å². The minimum atomic E-state index is 0.611. The normalized spacial score (nSPS) is 20.2. The largest absolute Gasteiger partial charge is 0.373 e. The molecule has 0 bridgehead atoms. The van der Waals surface area contributed by atoms with Gasteiger partial charge in [0, 0.05) is 32.1 Å². The number of anilines is 2. The highest BCUT2D eigenvalue weighted by Crippen LogP contribution is 2.39. The first kappa shape index (κ1) is 13.7. The van der Waals surface area contributed by atoms with Crippen LogP contribution in [0, 0.1) is 5.92 Å². The molecule has 4 heteroatoms. The molecule has 0 atom stereocenters. The van der Waals surface area contributed by atoms with Crippen LogP contribution in [0.3, 0.4) is 0 Å². The molecule has 0 radical (unpaired) electrons. The van der Waals surface area contributed by atoms with Gasteiger partial charge in [0.25, 0.3) is 0 Å². The zero-order valence-corrected chi connectivity index (χ0v) is 12.7. The lowest BCUT2D eigenvalue weighted by atomic mass is 9.92. The SMILES string of the molecule is CCCC1CCN(c2cc(NC)nc(C3CC3)n2)CC1. The second-order valence-corrected chi connectivity index (χ2v) is 6.21. The molecule has 2 heterocycles. The van der Waals surface area contributed by atoms with Gasteiger partial charge in [0.1, 0.15) is 17.5 Å². The first-order valence-electron chi connectivity index (χ1n) is 8.11. The standard InChI is InChI=1S/C16H26N4/c1-3-4-12-7-9-20(10-8-12)15-11-14(17-2)18-16(19-15)13-5-6-13/h11-13H,3-10H2,1-2H3,(H,17,18,19). The summed E-state index contributed by atoms with van der Waals surface area (Å²) in [5.41, 5.74) is 0. The molecule has 1 aliphatic heterocycles. The van der Waals surface area contributed by atoms with E-state index in [0.29, 0.717) is 5.92 Å². The fourth-order valence-corrected chi connectivity index (χ4v) is 3.13. The van der Waals surface area contributed by atoms with Crippen molar-refractivity contribution in [1.29, 1.82) is 0 Å². The van der Waals surface area contributed by atoms with Crippen molar-refractivity contribution in [2.75, 3.05) is 30.4 Å². The van der Waals surface area contributed by atoms with E-state index in [0.717, 1.165) is 36.5 Å². The molecule has 0 spiro atoms. The Kier molecular flexibility index (Phi) is 4.08. The Balaban J connectivity index is 1.71. The topological polar surface area (TPSA) is 41.0 Å². The number of nitrogens with zero attached hydrogens (tertiary/aromatic N) is 3. The van der Waals surface area contributed by atoms with Crippen molar-refractivity contribution in [2.45, 2.75) is 51.4 Å². The first-order chi connectivity index (χ1) is 9.80. The number of nitrogens with one attached hydrogen (secondary N) is 1. The van der Waals surface area contributed by atoms with E-state index in [-0.39, 0.29) is 0 Å². The van der Waals surface area contributed by atoms with Gasteiger partial charge >= 0.3 is 0 Å². The van der Waals surface area contributed by atoms with Crippen LogP contribution < -0.4 is 10.2 Å². The molecule has 1 saturated heterocycles. The summed E-state index contributed by atoms with van der Waals surface area (Å²) in [5.74, 6) is 4.67. The molecule has 0 aromatic carbocycles. The van der Waals surface area contributed by atoms with E-state index >= 15 is 0 Å². The monoisotopic (exact) mass is 274 g/mol. The zero-order chi connectivity index (χ0) is 13.9. The second-order valence-electron chi connectivity index (χ2n) is 6.21. The summed E-state index contributed by atoms with van der Waals surface area (Å²) in [6, 6.07) is 2.10. The molecule has 0 unspecified atom stereocenters. The van der Waals surface area contributed by atoms with Gasteiger partial charge in [-0.25, -0.2) is 9.97 Å². The van der Waals surface area contributed by atoms with Crippen LogP contribution in [0.5, 0.6) is 0 Å². The Labute approximate surface area is 122 Å². The molecule has 1 aromatic rings. The average Bonchev–Trinajstić information content (AvgIpc) is 3.32.